The molecule has 0 saturated carbocycles. The summed E-state index contributed by atoms with van der Waals surface area (Å²) in [6, 6.07) is 10.2. The summed E-state index contributed by atoms with van der Waals surface area (Å²) in [5, 5.41) is 8.73. The molecule has 5 heteroatoms. The van der Waals surface area contributed by atoms with Crippen LogP contribution in [0.5, 0.6) is 11.7 Å². The van der Waals surface area contributed by atoms with Crippen molar-refractivity contribution in [2.45, 2.75) is 0 Å². The summed E-state index contributed by atoms with van der Waals surface area (Å²) in [7, 11) is 3.85. The highest BCUT2D eigenvalue weighted by Crippen LogP contribution is 2.26. The van der Waals surface area contributed by atoms with Gasteiger partial charge in [-0.25, -0.2) is 4.79 Å². The topological polar surface area (TPSA) is 62.9 Å². The molecule has 0 aliphatic carbocycles. The summed E-state index contributed by atoms with van der Waals surface area (Å²) >= 11 is 0. The highest BCUT2D eigenvalue weighted by atomic mass is 16.6. The number of carbonyl (C=O) groups is 1. The van der Waals surface area contributed by atoms with Crippen molar-refractivity contribution in [2.75, 3.05) is 19.0 Å². The van der Waals surface area contributed by atoms with Crippen LogP contribution in [0.2, 0.25) is 0 Å². The second kappa shape index (κ2) is 4.83. The molecule has 0 amide bonds. The van der Waals surface area contributed by atoms with Crippen LogP contribution in [0.3, 0.4) is 0 Å². The normalized spacial score (nSPS) is 10.1. The van der Waals surface area contributed by atoms with Gasteiger partial charge >= 0.3 is 5.97 Å². The van der Waals surface area contributed by atoms with Gasteiger partial charge in [-0.3, -0.25) is 0 Å². The van der Waals surface area contributed by atoms with Crippen LogP contribution in [0.1, 0.15) is 10.6 Å². The number of anilines is 1. The molecule has 0 aliphatic rings. The average Bonchev–Trinajstić information content (AvgIpc) is 2.78. The van der Waals surface area contributed by atoms with E-state index in [9.17, 15) is 4.79 Å². The number of ether oxygens (including phenoxy) is 1. The van der Waals surface area contributed by atoms with E-state index in [0.717, 1.165) is 5.69 Å². The smallest absolute Gasteiger partial charge is 0.371 e. The molecule has 0 aliphatic heterocycles. The van der Waals surface area contributed by atoms with Crippen molar-refractivity contribution in [3.63, 3.8) is 0 Å². The van der Waals surface area contributed by atoms with Gasteiger partial charge in [0.15, 0.2) is 0 Å². The number of hydrogen-bond acceptors (Lipinski definition) is 4. The van der Waals surface area contributed by atoms with E-state index in [0.29, 0.717) is 5.75 Å². The molecule has 1 aromatic heterocycles. The molecule has 2 aromatic rings. The fraction of sp³-hybridized carbons (Fsp3) is 0.154. The number of carboxylic acids is 1. The summed E-state index contributed by atoms with van der Waals surface area (Å²) in [5.41, 5.74) is 0.984. The first kappa shape index (κ1) is 12.0. The van der Waals surface area contributed by atoms with E-state index < -0.39 is 5.97 Å². The Balaban J connectivity index is 2.17. The Labute approximate surface area is 104 Å². The number of rotatable bonds is 4. The molecule has 0 fully saturated rings. The lowest BCUT2D eigenvalue weighted by atomic mass is 10.3. The van der Waals surface area contributed by atoms with Gasteiger partial charge in [0, 0.05) is 31.9 Å². The van der Waals surface area contributed by atoms with Gasteiger partial charge in [-0.1, -0.05) is 6.07 Å². The van der Waals surface area contributed by atoms with Crippen LogP contribution < -0.4 is 9.64 Å². The Morgan fingerprint density at radius 3 is 2.67 bits per heavy atom. The molecular weight excluding hydrogens is 234 g/mol. The summed E-state index contributed by atoms with van der Waals surface area (Å²) in [6.45, 7) is 0. The monoisotopic (exact) mass is 247 g/mol. The maximum atomic E-state index is 10.7. The van der Waals surface area contributed by atoms with Gasteiger partial charge in [0.2, 0.25) is 5.76 Å². The van der Waals surface area contributed by atoms with Gasteiger partial charge in [0.1, 0.15) is 5.75 Å². The summed E-state index contributed by atoms with van der Waals surface area (Å²) < 4.78 is 10.5. The third-order valence-corrected chi connectivity index (χ3v) is 2.34. The van der Waals surface area contributed by atoms with E-state index in [4.69, 9.17) is 14.3 Å². The molecule has 1 N–H and O–H groups in total. The zero-order valence-corrected chi connectivity index (χ0v) is 10.1. The number of carboxylic acid groups (broad SMARTS) is 1. The van der Waals surface area contributed by atoms with Crippen molar-refractivity contribution >= 4 is 11.7 Å². The third kappa shape index (κ3) is 2.63. The van der Waals surface area contributed by atoms with Gasteiger partial charge in [0.25, 0.3) is 5.95 Å². The number of benzene rings is 1. The molecule has 94 valence electrons. The lowest BCUT2D eigenvalue weighted by Gasteiger charge is -2.13. The van der Waals surface area contributed by atoms with Crippen molar-refractivity contribution in [3.05, 3.63) is 42.2 Å². The quantitative estimate of drug-likeness (QED) is 0.900. The van der Waals surface area contributed by atoms with Crippen LogP contribution in [-0.2, 0) is 0 Å². The maximum Gasteiger partial charge on any atom is 0.371 e. The fourth-order valence-electron chi connectivity index (χ4n) is 1.43. The van der Waals surface area contributed by atoms with Crippen molar-refractivity contribution in [2.24, 2.45) is 0 Å². The van der Waals surface area contributed by atoms with Crippen molar-refractivity contribution in [3.8, 4) is 11.7 Å². The van der Waals surface area contributed by atoms with Crippen molar-refractivity contribution in [1.82, 2.24) is 0 Å². The van der Waals surface area contributed by atoms with Gasteiger partial charge < -0.3 is 19.2 Å². The van der Waals surface area contributed by atoms with E-state index in [-0.39, 0.29) is 11.7 Å². The first-order valence-electron chi connectivity index (χ1n) is 5.34. The zero-order chi connectivity index (χ0) is 13.1. The molecule has 18 heavy (non-hydrogen) atoms. The molecular formula is C13H13NO4. The predicted molar refractivity (Wildman–Crippen MR) is 66.5 cm³/mol. The largest absolute Gasteiger partial charge is 0.475 e. The number of aromatic carboxylic acids is 1. The number of nitrogens with zero attached hydrogens (tertiary/aromatic N) is 1. The van der Waals surface area contributed by atoms with Crippen molar-refractivity contribution in [1.29, 1.82) is 0 Å². The minimum absolute atomic E-state index is 0.145. The first-order chi connectivity index (χ1) is 8.56. The average molecular weight is 247 g/mol. The Morgan fingerprint density at radius 2 is 2.06 bits per heavy atom. The van der Waals surface area contributed by atoms with Crippen LogP contribution in [0.25, 0.3) is 0 Å². The third-order valence-electron chi connectivity index (χ3n) is 2.34. The predicted octanol–water partition coefficient (Wildman–Crippen LogP) is 2.84. The summed E-state index contributed by atoms with van der Waals surface area (Å²) in [4.78, 5) is 12.6. The maximum absolute atomic E-state index is 10.7. The molecule has 0 bridgehead atoms. The molecule has 2 rings (SSSR count). The number of hydrogen-bond donors (Lipinski definition) is 1. The van der Waals surface area contributed by atoms with E-state index >= 15 is 0 Å². The number of furan rings is 1. The summed E-state index contributed by atoms with van der Waals surface area (Å²) in [5.74, 6) is -0.517. The minimum Gasteiger partial charge on any atom is -0.475 e. The first-order valence-corrected chi connectivity index (χ1v) is 5.34. The second-order valence-electron chi connectivity index (χ2n) is 3.92. The standard InChI is InChI=1S/C13H13NO4/c1-14(2)9-4-3-5-10(8-9)17-12-7-6-11(18-12)13(15)16/h3-8H,1-2H3,(H,15,16). The highest BCUT2D eigenvalue weighted by Gasteiger charge is 2.10. The summed E-state index contributed by atoms with van der Waals surface area (Å²) in [6.07, 6.45) is 0. The Hall–Kier alpha value is -2.43. The molecule has 0 unspecified atom stereocenters. The van der Waals surface area contributed by atoms with Crippen LogP contribution in [0, 0.1) is 0 Å². The van der Waals surface area contributed by atoms with Gasteiger partial charge in [0.05, 0.1) is 0 Å². The van der Waals surface area contributed by atoms with E-state index in [1.54, 1.807) is 6.07 Å². The van der Waals surface area contributed by atoms with E-state index in [2.05, 4.69) is 0 Å². The van der Waals surface area contributed by atoms with E-state index in [1.807, 2.05) is 37.2 Å². The zero-order valence-electron chi connectivity index (χ0n) is 10.1. The SMILES string of the molecule is CN(C)c1cccc(Oc2ccc(C(=O)O)o2)c1. The van der Waals surface area contributed by atoms with Crippen LogP contribution in [0.15, 0.2) is 40.8 Å². The van der Waals surface area contributed by atoms with Crippen LogP contribution in [0.4, 0.5) is 5.69 Å². The Morgan fingerprint density at radius 1 is 1.28 bits per heavy atom. The Bertz CT molecular complexity index is 560. The van der Waals surface area contributed by atoms with Gasteiger partial charge in [-0.05, 0) is 18.2 Å². The molecule has 5 nitrogen and oxygen atoms in total. The molecule has 0 saturated heterocycles. The highest BCUT2D eigenvalue weighted by molar-refractivity contribution is 5.84. The lowest BCUT2D eigenvalue weighted by Crippen LogP contribution is -2.08. The minimum atomic E-state index is -1.12. The Kier molecular flexibility index (Phi) is 3.23. The second-order valence-corrected chi connectivity index (χ2v) is 3.92. The van der Waals surface area contributed by atoms with Gasteiger partial charge in [-0.2, -0.15) is 0 Å². The molecule has 0 spiro atoms. The van der Waals surface area contributed by atoms with Crippen LogP contribution >= 0.6 is 0 Å². The van der Waals surface area contributed by atoms with E-state index in [1.165, 1.54) is 12.1 Å². The molecule has 0 atom stereocenters. The molecule has 1 aromatic carbocycles. The van der Waals surface area contributed by atoms with Crippen molar-refractivity contribution < 1.29 is 19.1 Å². The fourth-order valence-corrected chi connectivity index (χ4v) is 1.43. The van der Waals surface area contributed by atoms with Crippen LogP contribution in [-0.4, -0.2) is 25.2 Å². The lowest BCUT2D eigenvalue weighted by molar-refractivity contribution is 0.0657. The van der Waals surface area contributed by atoms with Gasteiger partial charge in [-0.15, -0.1) is 0 Å². The molecule has 0 radical (unpaired) electrons. The molecule has 1 heterocycles.